The van der Waals surface area contributed by atoms with Crippen LogP contribution in [0, 0.1) is 16.0 Å². The van der Waals surface area contributed by atoms with Crippen LogP contribution in [0.1, 0.15) is 33.1 Å². The molecule has 136 valence electrons. The van der Waals surface area contributed by atoms with Gasteiger partial charge in [-0.25, -0.2) is 0 Å². The number of carbonyl (C=O) groups excluding carboxylic acids is 2. The highest BCUT2D eigenvalue weighted by atomic mass is 16.6. The van der Waals surface area contributed by atoms with Crippen LogP contribution in [0.15, 0.2) is 24.3 Å². The van der Waals surface area contributed by atoms with Crippen molar-refractivity contribution in [2.45, 2.75) is 45.3 Å². The van der Waals surface area contributed by atoms with Crippen molar-refractivity contribution in [3.8, 4) is 0 Å². The Balaban J connectivity index is 1.76. The van der Waals surface area contributed by atoms with Crippen molar-refractivity contribution in [2.24, 2.45) is 5.92 Å². The molecular weight excluding hydrogens is 328 g/mol. The lowest BCUT2D eigenvalue weighted by atomic mass is 9.99. The summed E-state index contributed by atoms with van der Waals surface area (Å²) < 4.78 is 10.7. The van der Waals surface area contributed by atoms with Crippen LogP contribution in [0.5, 0.6) is 0 Å². The van der Waals surface area contributed by atoms with Crippen molar-refractivity contribution in [1.82, 2.24) is 0 Å². The average molecular weight is 350 g/mol. The summed E-state index contributed by atoms with van der Waals surface area (Å²) in [5.41, 5.74) is 0.439. The quantitative estimate of drug-likeness (QED) is 0.439. The molecule has 0 aromatic heterocycles. The lowest BCUT2D eigenvalue weighted by Crippen LogP contribution is -2.18. The number of carbonyl (C=O) groups is 2. The molecule has 1 N–H and O–H groups in total. The van der Waals surface area contributed by atoms with E-state index in [0.29, 0.717) is 25.1 Å². The summed E-state index contributed by atoms with van der Waals surface area (Å²) in [6.45, 7) is 4.20. The third-order valence-corrected chi connectivity index (χ3v) is 3.86. The van der Waals surface area contributed by atoms with E-state index >= 15 is 0 Å². The number of nitro groups is 1. The molecule has 1 fully saturated rings. The number of benzene rings is 1. The van der Waals surface area contributed by atoms with Crippen LogP contribution in [-0.2, 0) is 19.1 Å². The van der Waals surface area contributed by atoms with Gasteiger partial charge >= 0.3 is 5.97 Å². The summed E-state index contributed by atoms with van der Waals surface area (Å²) in [5, 5.41) is 13.3. The molecule has 1 aliphatic rings. The second kappa shape index (κ2) is 8.57. The fraction of sp³-hybridized carbons (Fsp3) is 0.529. The molecule has 2 atom stereocenters. The third kappa shape index (κ3) is 5.82. The number of ether oxygens (including phenoxy) is 2. The second-order valence-corrected chi connectivity index (χ2v) is 6.26. The number of rotatable bonds is 8. The highest BCUT2D eigenvalue weighted by molar-refractivity contribution is 5.91. The van der Waals surface area contributed by atoms with Crippen LogP contribution < -0.4 is 5.32 Å². The van der Waals surface area contributed by atoms with Crippen LogP contribution in [0.2, 0.25) is 0 Å². The first kappa shape index (κ1) is 18.9. The van der Waals surface area contributed by atoms with E-state index in [1.54, 1.807) is 0 Å². The molecule has 1 aliphatic heterocycles. The number of hydrogen-bond donors (Lipinski definition) is 1. The molecule has 25 heavy (non-hydrogen) atoms. The van der Waals surface area contributed by atoms with Gasteiger partial charge in [0.05, 0.1) is 23.6 Å². The van der Waals surface area contributed by atoms with Crippen LogP contribution in [0.3, 0.4) is 0 Å². The Hall–Kier alpha value is -2.48. The summed E-state index contributed by atoms with van der Waals surface area (Å²) in [6, 6.07) is 5.59. The standard InChI is InChI=1S/C17H22N2O6/c1-11(2)24-10-15-9-12(17(21)25-15)3-8-16(20)18-13-4-6-14(7-5-13)19(22)23/h4-7,11-12,15H,3,8-10H2,1-2H3,(H,18,20)/t12-,15+/m0/s1. The van der Waals surface area contributed by atoms with Crippen molar-refractivity contribution in [2.75, 3.05) is 11.9 Å². The zero-order valence-corrected chi connectivity index (χ0v) is 14.3. The Bertz CT molecular complexity index is 629. The monoisotopic (exact) mass is 350 g/mol. The van der Waals surface area contributed by atoms with Crippen LogP contribution in [-0.4, -0.2) is 35.6 Å². The van der Waals surface area contributed by atoms with Gasteiger partial charge < -0.3 is 14.8 Å². The first-order valence-electron chi connectivity index (χ1n) is 8.21. The fourth-order valence-corrected chi connectivity index (χ4v) is 2.55. The van der Waals surface area contributed by atoms with Crippen LogP contribution >= 0.6 is 0 Å². The number of nitrogens with zero attached hydrogens (tertiary/aromatic N) is 1. The van der Waals surface area contributed by atoms with E-state index < -0.39 is 4.92 Å². The highest BCUT2D eigenvalue weighted by Gasteiger charge is 2.34. The maximum atomic E-state index is 12.0. The molecule has 0 unspecified atom stereocenters. The molecule has 0 spiro atoms. The van der Waals surface area contributed by atoms with E-state index in [0.717, 1.165) is 0 Å². The molecular formula is C17H22N2O6. The third-order valence-electron chi connectivity index (χ3n) is 3.86. The zero-order chi connectivity index (χ0) is 18.4. The number of anilines is 1. The second-order valence-electron chi connectivity index (χ2n) is 6.26. The average Bonchev–Trinajstić information content (AvgIpc) is 2.91. The number of nitro benzene ring substituents is 1. The summed E-state index contributed by atoms with van der Waals surface area (Å²) in [6.07, 6.45) is 0.948. The normalized spacial score (nSPS) is 19.7. The summed E-state index contributed by atoms with van der Waals surface area (Å²) in [5.74, 6) is -0.840. The van der Waals surface area contributed by atoms with E-state index in [1.807, 2.05) is 13.8 Å². The minimum atomic E-state index is -0.503. The molecule has 0 saturated carbocycles. The first-order chi connectivity index (χ1) is 11.8. The summed E-state index contributed by atoms with van der Waals surface area (Å²) in [4.78, 5) is 33.9. The molecule has 1 saturated heterocycles. The maximum absolute atomic E-state index is 12.0. The van der Waals surface area contributed by atoms with E-state index in [-0.39, 0.29) is 42.1 Å². The molecule has 1 aromatic carbocycles. The molecule has 8 heteroatoms. The summed E-state index contributed by atoms with van der Waals surface area (Å²) in [7, 11) is 0. The van der Waals surface area contributed by atoms with Crippen molar-refractivity contribution < 1.29 is 24.0 Å². The predicted octanol–water partition coefficient (Wildman–Crippen LogP) is 2.67. The Kier molecular flexibility index (Phi) is 6.46. The number of non-ortho nitro benzene ring substituents is 1. The van der Waals surface area contributed by atoms with Gasteiger partial charge in [0.15, 0.2) is 0 Å². The fourth-order valence-electron chi connectivity index (χ4n) is 2.55. The smallest absolute Gasteiger partial charge is 0.309 e. The van der Waals surface area contributed by atoms with Gasteiger partial charge in [0.25, 0.3) is 5.69 Å². The van der Waals surface area contributed by atoms with E-state index in [1.165, 1.54) is 24.3 Å². The van der Waals surface area contributed by atoms with Crippen LogP contribution in [0.25, 0.3) is 0 Å². The molecule has 2 rings (SSSR count). The number of nitrogens with one attached hydrogen (secondary N) is 1. The van der Waals surface area contributed by atoms with Gasteiger partial charge in [0.1, 0.15) is 6.10 Å². The Morgan fingerprint density at radius 1 is 1.40 bits per heavy atom. The Labute approximate surface area is 145 Å². The van der Waals surface area contributed by atoms with Gasteiger partial charge in [-0.3, -0.25) is 19.7 Å². The molecule has 0 aliphatic carbocycles. The zero-order valence-electron chi connectivity index (χ0n) is 14.3. The van der Waals surface area contributed by atoms with Crippen LogP contribution in [0.4, 0.5) is 11.4 Å². The van der Waals surface area contributed by atoms with E-state index in [9.17, 15) is 19.7 Å². The molecule has 1 aromatic rings. The molecule has 0 radical (unpaired) electrons. The van der Waals surface area contributed by atoms with Gasteiger partial charge in [0, 0.05) is 24.2 Å². The van der Waals surface area contributed by atoms with Crippen molar-refractivity contribution in [1.29, 1.82) is 0 Å². The van der Waals surface area contributed by atoms with Crippen molar-refractivity contribution in [3.05, 3.63) is 34.4 Å². The lowest BCUT2D eigenvalue weighted by Gasteiger charge is -2.12. The number of hydrogen-bond acceptors (Lipinski definition) is 6. The Morgan fingerprint density at radius 2 is 2.08 bits per heavy atom. The molecule has 1 heterocycles. The van der Waals surface area contributed by atoms with E-state index in [4.69, 9.17) is 9.47 Å². The van der Waals surface area contributed by atoms with Gasteiger partial charge in [-0.1, -0.05) is 0 Å². The Morgan fingerprint density at radius 3 is 2.68 bits per heavy atom. The minimum absolute atomic E-state index is 0.0404. The lowest BCUT2D eigenvalue weighted by molar-refractivity contribution is -0.384. The number of esters is 1. The van der Waals surface area contributed by atoms with Gasteiger partial charge in [0.2, 0.25) is 5.91 Å². The molecule has 8 nitrogen and oxygen atoms in total. The van der Waals surface area contributed by atoms with Gasteiger partial charge in [-0.05, 0) is 38.8 Å². The number of amides is 1. The SMILES string of the molecule is CC(C)OC[C@H]1C[C@H](CCC(=O)Nc2ccc([N+](=O)[O-])cc2)C(=O)O1. The van der Waals surface area contributed by atoms with Gasteiger partial charge in [-0.2, -0.15) is 0 Å². The largest absolute Gasteiger partial charge is 0.460 e. The highest BCUT2D eigenvalue weighted by Crippen LogP contribution is 2.26. The topological polar surface area (TPSA) is 108 Å². The van der Waals surface area contributed by atoms with E-state index in [2.05, 4.69) is 5.32 Å². The maximum Gasteiger partial charge on any atom is 0.309 e. The first-order valence-corrected chi connectivity index (χ1v) is 8.21. The van der Waals surface area contributed by atoms with Gasteiger partial charge in [-0.15, -0.1) is 0 Å². The van der Waals surface area contributed by atoms with Crippen molar-refractivity contribution in [3.63, 3.8) is 0 Å². The minimum Gasteiger partial charge on any atom is -0.460 e. The predicted molar refractivity (Wildman–Crippen MR) is 90.0 cm³/mol. The molecule has 0 bridgehead atoms. The molecule has 1 amide bonds. The van der Waals surface area contributed by atoms with Crippen molar-refractivity contribution >= 4 is 23.3 Å². The number of cyclic esters (lactones) is 1. The summed E-state index contributed by atoms with van der Waals surface area (Å²) >= 11 is 0.